The molecule has 0 unspecified atom stereocenters. The van der Waals surface area contributed by atoms with E-state index in [0.717, 1.165) is 25.7 Å². The molecule has 0 atom stereocenters. The van der Waals surface area contributed by atoms with Crippen LogP contribution in [0.25, 0.3) is 16.9 Å². The number of rotatable bonds is 11. The lowest BCUT2D eigenvalue weighted by atomic mass is 10.1. The minimum atomic E-state index is -5.77. The fraction of sp³-hybridized carbons (Fsp3) is 0.560. The van der Waals surface area contributed by atoms with Crippen molar-refractivity contribution in [2.24, 2.45) is 0 Å². The maximum absolute atomic E-state index is 13.1. The second-order valence-electron chi connectivity index (χ2n) is 9.91. The van der Waals surface area contributed by atoms with Crippen molar-refractivity contribution in [1.29, 1.82) is 0 Å². The minimum Gasteiger partial charge on any atom is -0.493 e. The maximum atomic E-state index is 13.1. The number of aromatic nitrogens is 4. The number of aryl methyl sites for hydroxylation is 1. The van der Waals surface area contributed by atoms with Crippen LogP contribution in [0.15, 0.2) is 23.0 Å². The number of H-pyrrole nitrogens is 1. The molecule has 1 fully saturated rings. The monoisotopic (exact) mass is 625 g/mol. The number of sulfonamides is 1. The van der Waals surface area contributed by atoms with Crippen LogP contribution in [0.5, 0.6) is 5.75 Å². The summed E-state index contributed by atoms with van der Waals surface area (Å²) in [5.74, 6) is -0.157. The lowest BCUT2D eigenvalue weighted by Crippen LogP contribution is -2.45. The van der Waals surface area contributed by atoms with Crippen LogP contribution in [-0.2, 0) is 14.8 Å². The summed E-state index contributed by atoms with van der Waals surface area (Å²) in [5, 5.41) is 4.60. The topological polar surface area (TPSA) is 128 Å². The van der Waals surface area contributed by atoms with Crippen molar-refractivity contribution in [3.05, 3.63) is 40.1 Å². The van der Waals surface area contributed by atoms with Crippen molar-refractivity contribution < 1.29 is 44.2 Å². The number of halogens is 6. The van der Waals surface area contributed by atoms with E-state index >= 15 is 0 Å². The van der Waals surface area contributed by atoms with Crippen LogP contribution in [0, 0.1) is 6.92 Å². The third-order valence-corrected chi connectivity index (χ3v) is 7.87. The Bertz CT molecular complexity index is 1570. The summed E-state index contributed by atoms with van der Waals surface area (Å²) in [6.45, 7) is 2.46. The Morgan fingerprint density at radius 1 is 1.12 bits per heavy atom. The number of nitrogens with one attached hydrogen (secondary N) is 2. The Labute approximate surface area is 236 Å². The Hall–Kier alpha value is -3.34. The van der Waals surface area contributed by atoms with Crippen LogP contribution in [0.3, 0.4) is 0 Å². The average Bonchev–Trinajstić information content (AvgIpc) is 3.52. The molecule has 1 aliphatic rings. The Kier molecular flexibility index (Phi) is 9.11. The normalized spacial score (nSPS) is 15.2. The summed E-state index contributed by atoms with van der Waals surface area (Å²) in [6.07, 6.45) is -11.2. The van der Waals surface area contributed by atoms with Gasteiger partial charge in [0, 0.05) is 11.6 Å². The van der Waals surface area contributed by atoms with Crippen LogP contribution >= 0.6 is 0 Å². The number of imidazole rings is 1. The zero-order chi connectivity index (χ0) is 30.9. The summed E-state index contributed by atoms with van der Waals surface area (Å²) >= 11 is 0. The highest BCUT2D eigenvalue weighted by Gasteiger charge is 2.58. The SMILES string of the molecule is CCCOc1ccc(NS(=O)(=O)CCOC(C(F)(F)F)C(F)(F)F)cc1-c1nn2c(C3CCCC3)nc(C)c2c(=O)[nH]1. The van der Waals surface area contributed by atoms with Gasteiger partial charge in [-0.15, -0.1) is 5.10 Å². The first kappa shape index (κ1) is 31.6. The van der Waals surface area contributed by atoms with E-state index in [1.807, 2.05) is 6.92 Å². The molecule has 0 radical (unpaired) electrons. The Balaban J connectivity index is 1.64. The van der Waals surface area contributed by atoms with Crippen LogP contribution in [0.4, 0.5) is 32.0 Å². The van der Waals surface area contributed by atoms with Crippen LogP contribution in [0.1, 0.15) is 56.5 Å². The van der Waals surface area contributed by atoms with Gasteiger partial charge in [0.25, 0.3) is 5.56 Å². The van der Waals surface area contributed by atoms with E-state index in [-0.39, 0.29) is 40.9 Å². The van der Waals surface area contributed by atoms with E-state index < -0.39 is 46.4 Å². The summed E-state index contributed by atoms with van der Waals surface area (Å²) in [7, 11) is -4.47. The molecular weight excluding hydrogens is 596 g/mol. The number of benzene rings is 1. The van der Waals surface area contributed by atoms with Crippen molar-refractivity contribution in [2.45, 2.75) is 70.3 Å². The van der Waals surface area contributed by atoms with Gasteiger partial charge in [-0.2, -0.15) is 26.3 Å². The van der Waals surface area contributed by atoms with Crippen molar-refractivity contribution in [1.82, 2.24) is 19.6 Å². The standard InChI is InChI=1S/C25H29F6N5O5S/c1-3-10-40-18-9-8-16(35-42(38,39)12-11-41-23(24(26,27)28)25(29,30)31)13-17(18)20-33-22(37)19-14(2)32-21(36(19)34-20)15-6-4-5-7-15/h8-9,13,15,23,35H,3-7,10-12H2,1-2H3,(H,33,34,37). The van der Waals surface area contributed by atoms with Crippen molar-refractivity contribution >= 4 is 21.2 Å². The molecule has 1 aliphatic carbocycles. The number of aromatic amines is 1. The summed E-state index contributed by atoms with van der Waals surface area (Å²) in [6, 6.07) is 3.99. The Morgan fingerprint density at radius 2 is 1.79 bits per heavy atom. The zero-order valence-corrected chi connectivity index (χ0v) is 23.4. The lowest BCUT2D eigenvalue weighted by molar-refractivity contribution is -0.320. The quantitative estimate of drug-likeness (QED) is 0.284. The molecule has 1 saturated carbocycles. The molecule has 3 aromatic rings. The van der Waals surface area contributed by atoms with Gasteiger partial charge in [0.05, 0.1) is 30.2 Å². The third-order valence-electron chi connectivity index (χ3n) is 6.62. The number of ether oxygens (including phenoxy) is 2. The predicted molar refractivity (Wildman–Crippen MR) is 140 cm³/mol. The fourth-order valence-corrected chi connectivity index (χ4v) is 5.66. The molecule has 4 rings (SSSR count). The van der Waals surface area contributed by atoms with Crippen molar-refractivity contribution in [3.63, 3.8) is 0 Å². The van der Waals surface area contributed by atoms with Crippen LogP contribution in [-0.4, -0.2) is 65.4 Å². The largest absolute Gasteiger partial charge is 0.493 e. The molecule has 0 saturated heterocycles. The number of fused-ring (bicyclic) bond motifs is 1. The number of hydrogen-bond acceptors (Lipinski definition) is 7. The minimum absolute atomic E-state index is 0.0397. The second kappa shape index (κ2) is 12.1. The zero-order valence-electron chi connectivity index (χ0n) is 22.6. The smallest absolute Gasteiger partial charge is 0.423 e. The molecule has 0 amide bonds. The average molecular weight is 626 g/mol. The van der Waals surface area contributed by atoms with E-state index in [4.69, 9.17) is 4.74 Å². The van der Waals surface area contributed by atoms with Gasteiger partial charge in [0.1, 0.15) is 11.6 Å². The number of hydrogen-bond donors (Lipinski definition) is 2. The number of anilines is 1. The van der Waals surface area contributed by atoms with E-state index in [9.17, 15) is 39.6 Å². The van der Waals surface area contributed by atoms with Crippen LogP contribution in [0.2, 0.25) is 0 Å². The number of nitrogens with zero attached hydrogens (tertiary/aromatic N) is 3. The van der Waals surface area contributed by atoms with Gasteiger partial charge < -0.3 is 14.5 Å². The highest BCUT2D eigenvalue weighted by molar-refractivity contribution is 7.92. The number of alkyl halides is 6. The van der Waals surface area contributed by atoms with E-state index in [0.29, 0.717) is 17.9 Å². The van der Waals surface area contributed by atoms with Gasteiger partial charge >= 0.3 is 12.4 Å². The maximum Gasteiger partial charge on any atom is 0.423 e. The molecule has 2 N–H and O–H groups in total. The molecule has 0 aliphatic heterocycles. The van der Waals surface area contributed by atoms with Crippen molar-refractivity contribution in [3.8, 4) is 17.1 Å². The van der Waals surface area contributed by atoms with Crippen molar-refractivity contribution in [2.75, 3.05) is 23.7 Å². The molecule has 0 spiro atoms. The molecule has 10 nitrogen and oxygen atoms in total. The fourth-order valence-electron chi connectivity index (χ4n) is 4.76. The van der Waals surface area contributed by atoms with E-state index in [2.05, 4.69) is 24.5 Å². The molecular formula is C25H29F6N5O5S. The van der Waals surface area contributed by atoms with E-state index in [1.165, 1.54) is 22.7 Å². The molecule has 2 heterocycles. The summed E-state index contributed by atoms with van der Waals surface area (Å²) in [4.78, 5) is 20.3. The van der Waals surface area contributed by atoms with Gasteiger partial charge in [0.2, 0.25) is 16.1 Å². The highest BCUT2D eigenvalue weighted by Crippen LogP contribution is 2.37. The summed E-state index contributed by atoms with van der Waals surface area (Å²) < 4.78 is 114. The third kappa shape index (κ3) is 7.17. The molecule has 17 heteroatoms. The van der Waals surface area contributed by atoms with Crippen LogP contribution < -0.4 is 15.0 Å². The first-order valence-electron chi connectivity index (χ1n) is 13.1. The predicted octanol–water partition coefficient (Wildman–Crippen LogP) is 5.09. The highest BCUT2D eigenvalue weighted by atomic mass is 32.2. The molecule has 1 aromatic carbocycles. The van der Waals surface area contributed by atoms with Gasteiger partial charge in [-0.3, -0.25) is 9.52 Å². The molecule has 2 aromatic heterocycles. The van der Waals surface area contributed by atoms with E-state index in [1.54, 1.807) is 6.92 Å². The molecule has 232 valence electrons. The first-order chi connectivity index (χ1) is 19.6. The van der Waals surface area contributed by atoms with Gasteiger partial charge in [-0.25, -0.2) is 17.9 Å². The van der Waals surface area contributed by atoms with Gasteiger partial charge in [-0.1, -0.05) is 19.8 Å². The molecule has 42 heavy (non-hydrogen) atoms. The lowest BCUT2D eigenvalue weighted by Gasteiger charge is -2.23. The summed E-state index contributed by atoms with van der Waals surface area (Å²) in [5.41, 5.74) is 0.378. The second-order valence-corrected chi connectivity index (χ2v) is 11.8. The van der Waals surface area contributed by atoms with Gasteiger partial charge in [0.15, 0.2) is 11.3 Å². The first-order valence-corrected chi connectivity index (χ1v) is 14.8. The van der Waals surface area contributed by atoms with Gasteiger partial charge in [-0.05, 0) is 44.4 Å². The molecule has 0 bridgehead atoms. The Morgan fingerprint density at radius 3 is 2.40 bits per heavy atom.